The minimum absolute atomic E-state index is 0.101. The summed E-state index contributed by atoms with van der Waals surface area (Å²) >= 11 is 0. The Morgan fingerprint density at radius 3 is 2.93 bits per heavy atom. The number of ether oxygens (including phenoxy) is 1. The molecule has 152 valence electrons. The van der Waals surface area contributed by atoms with Crippen LogP contribution in [0.2, 0.25) is 0 Å². The summed E-state index contributed by atoms with van der Waals surface area (Å²) in [6.07, 6.45) is 2.94. The van der Waals surface area contributed by atoms with Crippen molar-refractivity contribution in [1.29, 1.82) is 0 Å². The lowest BCUT2D eigenvalue weighted by molar-refractivity contribution is -0.115. The molecule has 0 aromatic carbocycles. The van der Waals surface area contributed by atoms with Crippen molar-refractivity contribution in [3.05, 3.63) is 29.3 Å². The van der Waals surface area contributed by atoms with E-state index in [1.807, 2.05) is 19.9 Å². The molecule has 9 nitrogen and oxygen atoms in total. The number of hydrogen-bond donors (Lipinski definition) is 3. The van der Waals surface area contributed by atoms with E-state index in [1.165, 1.54) is 0 Å². The summed E-state index contributed by atoms with van der Waals surface area (Å²) in [5, 5.41) is 16.5. The van der Waals surface area contributed by atoms with E-state index >= 15 is 0 Å². The van der Waals surface area contributed by atoms with Crippen LogP contribution in [0.4, 0.5) is 10.6 Å². The second-order valence-electron chi connectivity index (χ2n) is 7.36. The first-order chi connectivity index (χ1) is 13.4. The monoisotopic (exact) mass is 389 g/mol. The summed E-state index contributed by atoms with van der Waals surface area (Å²) < 4.78 is 10.6. The Balaban J connectivity index is 1.47. The fourth-order valence-electron chi connectivity index (χ4n) is 3.27. The van der Waals surface area contributed by atoms with Gasteiger partial charge in [-0.2, -0.15) is 5.10 Å². The summed E-state index contributed by atoms with van der Waals surface area (Å²) in [6, 6.07) is 3.66. The van der Waals surface area contributed by atoms with Gasteiger partial charge in [-0.1, -0.05) is 12.1 Å². The van der Waals surface area contributed by atoms with Crippen LogP contribution in [-0.4, -0.2) is 39.5 Å². The maximum atomic E-state index is 12.1. The van der Waals surface area contributed by atoms with Crippen LogP contribution in [-0.2, 0) is 16.0 Å². The van der Waals surface area contributed by atoms with Crippen LogP contribution in [0.5, 0.6) is 0 Å². The summed E-state index contributed by atoms with van der Waals surface area (Å²) in [5.41, 5.74) is 1.67. The molecular weight excluding hydrogens is 362 g/mol. The van der Waals surface area contributed by atoms with Gasteiger partial charge in [0.15, 0.2) is 5.82 Å². The molecule has 0 unspecified atom stereocenters. The molecule has 2 aromatic heterocycles. The highest BCUT2D eigenvalue weighted by atomic mass is 16.6. The first-order valence-corrected chi connectivity index (χ1v) is 9.67. The van der Waals surface area contributed by atoms with Crippen LogP contribution < -0.4 is 10.6 Å². The molecule has 9 heteroatoms. The van der Waals surface area contributed by atoms with Crippen LogP contribution in [0.1, 0.15) is 62.6 Å². The molecule has 3 atom stereocenters. The number of carbonyl (C=O) groups is 2. The lowest BCUT2D eigenvalue weighted by Gasteiger charge is -2.16. The van der Waals surface area contributed by atoms with Crippen molar-refractivity contribution < 1.29 is 18.8 Å². The number of alkyl carbamates (subject to hydrolysis) is 1. The zero-order valence-electron chi connectivity index (χ0n) is 16.4. The molecule has 2 heterocycles. The van der Waals surface area contributed by atoms with Gasteiger partial charge in [0.05, 0.1) is 12.1 Å². The first-order valence-electron chi connectivity index (χ1n) is 9.67. The number of aryl methyl sites for hydroxylation is 1. The van der Waals surface area contributed by atoms with E-state index in [1.54, 1.807) is 13.0 Å². The third-order valence-electron chi connectivity index (χ3n) is 4.95. The smallest absolute Gasteiger partial charge is 0.407 e. The minimum atomic E-state index is -0.361. The zero-order valence-corrected chi connectivity index (χ0v) is 16.4. The standard InChI is InChI=1S/C19H27N5O4/c1-4-11(2)20-19(26)27-14-6-5-13(8-14)16-10-17(23-22-16)21-18(25)9-15-7-12(3)24-28-15/h7,10-11,13-14H,4-6,8-9H2,1-3H3,(H,20,26)(H2,21,22,23,25)/t11-,13-,14+/m0/s1. The highest BCUT2D eigenvalue weighted by molar-refractivity contribution is 5.91. The molecule has 2 amide bonds. The van der Waals surface area contributed by atoms with E-state index in [9.17, 15) is 9.59 Å². The van der Waals surface area contributed by atoms with Gasteiger partial charge in [0.25, 0.3) is 0 Å². The average molecular weight is 389 g/mol. The molecule has 1 fully saturated rings. The number of aromatic nitrogens is 3. The van der Waals surface area contributed by atoms with Crippen molar-refractivity contribution in [1.82, 2.24) is 20.7 Å². The van der Waals surface area contributed by atoms with Gasteiger partial charge in [-0.25, -0.2) is 4.79 Å². The van der Waals surface area contributed by atoms with E-state index in [-0.39, 0.29) is 36.5 Å². The molecule has 0 radical (unpaired) electrons. The summed E-state index contributed by atoms with van der Waals surface area (Å²) in [5.74, 6) is 0.979. The van der Waals surface area contributed by atoms with Gasteiger partial charge < -0.3 is 19.9 Å². The Morgan fingerprint density at radius 2 is 2.21 bits per heavy atom. The second-order valence-corrected chi connectivity index (χ2v) is 7.36. The number of nitrogens with zero attached hydrogens (tertiary/aromatic N) is 2. The molecule has 1 aliphatic rings. The summed E-state index contributed by atoms with van der Waals surface area (Å²) in [7, 11) is 0. The lowest BCUT2D eigenvalue weighted by Crippen LogP contribution is -2.34. The third kappa shape index (κ3) is 5.34. The number of amides is 2. The Labute approximate surface area is 163 Å². The van der Waals surface area contributed by atoms with Crippen molar-refractivity contribution in [3.63, 3.8) is 0 Å². The van der Waals surface area contributed by atoms with Gasteiger partial charge in [-0.05, 0) is 39.5 Å². The maximum absolute atomic E-state index is 12.1. The quantitative estimate of drug-likeness (QED) is 0.669. The molecule has 2 aromatic rings. The van der Waals surface area contributed by atoms with E-state index in [2.05, 4.69) is 26.0 Å². The molecule has 1 aliphatic carbocycles. The number of aromatic amines is 1. The van der Waals surface area contributed by atoms with E-state index < -0.39 is 0 Å². The number of carbonyl (C=O) groups excluding carboxylic acids is 2. The van der Waals surface area contributed by atoms with Crippen molar-refractivity contribution in [2.75, 3.05) is 5.32 Å². The molecule has 3 rings (SSSR count). The van der Waals surface area contributed by atoms with Gasteiger partial charge in [-0.15, -0.1) is 0 Å². The van der Waals surface area contributed by atoms with Crippen molar-refractivity contribution >= 4 is 17.8 Å². The number of nitrogens with one attached hydrogen (secondary N) is 3. The fraction of sp³-hybridized carbons (Fsp3) is 0.579. The van der Waals surface area contributed by atoms with Crippen LogP contribution in [0.25, 0.3) is 0 Å². The highest BCUT2D eigenvalue weighted by Crippen LogP contribution is 2.35. The Kier molecular flexibility index (Phi) is 6.33. The van der Waals surface area contributed by atoms with Crippen LogP contribution >= 0.6 is 0 Å². The van der Waals surface area contributed by atoms with Crippen molar-refractivity contribution in [2.24, 2.45) is 0 Å². The lowest BCUT2D eigenvalue weighted by atomic mass is 10.0. The normalized spacial score (nSPS) is 20.0. The highest BCUT2D eigenvalue weighted by Gasteiger charge is 2.30. The van der Waals surface area contributed by atoms with E-state index in [0.717, 1.165) is 37.1 Å². The fourth-order valence-corrected chi connectivity index (χ4v) is 3.27. The minimum Gasteiger partial charge on any atom is -0.446 e. The van der Waals surface area contributed by atoms with Gasteiger partial charge in [0, 0.05) is 29.8 Å². The zero-order chi connectivity index (χ0) is 20.1. The number of H-pyrrole nitrogens is 1. The topological polar surface area (TPSA) is 122 Å². The number of anilines is 1. The Hall–Kier alpha value is -2.84. The molecular formula is C19H27N5O4. The molecule has 1 saturated carbocycles. The third-order valence-corrected chi connectivity index (χ3v) is 4.95. The van der Waals surface area contributed by atoms with Crippen molar-refractivity contribution in [3.8, 4) is 0 Å². The average Bonchev–Trinajstić information content (AvgIpc) is 3.36. The molecule has 0 saturated heterocycles. The predicted molar refractivity (Wildman–Crippen MR) is 102 cm³/mol. The van der Waals surface area contributed by atoms with Gasteiger partial charge >= 0.3 is 6.09 Å². The maximum Gasteiger partial charge on any atom is 0.407 e. The van der Waals surface area contributed by atoms with Crippen LogP contribution in [0.3, 0.4) is 0 Å². The Morgan fingerprint density at radius 1 is 1.39 bits per heavy atom. The first kappa shape index (κ1) is 19.9. The van der Waals surface area contributed by atoms with Crippen LogP contribution in [0, 0.1) is 6.92 Å². The molecule has 0 spiro atoms. The van der Waals surface area contributed by atoms with E-state index in [0.29, 0.717) is 11.6 Å². The Bertz CT molecular complexity index is 815. The van der Waals surface area contributed by atoms with Gasteiger partial charge in [-0.3, -0.25) is 9.89 Å². The van der Waals surface area contributed by atoms with Crippen molar-refractivity contribution in [2.45, 2.75) is 70.9 Å². The summed E-state index contributed by atoms with van der Waals surface area (Å²) in [6.45, 7) is 5.76. The van der Waals surface area contributed by atoms with Gasteiger partial charge in [0.1, 0.15) is 11.9 Å². The number of hydrogen-bond acceptors (Lipinski definition) is 6. The molecule has 0 bridgehead atoms. The summed E-state index contributed by atoms with van der Waals surface area (Å²) in [4.78, 5) is 24.0. The predicted octanol–water partition coefficient (Wildman–Crippen LogP) is 3.05. The molecule has 0 aliphatic heterocycles. The largest absolute Gasteiger partial charge is 0.446 e. The molecule has 3 N–H and O–H groups in total. The molecule has 28 heavy (non-hydrogen) atoms. The number of rotatable bonds is 7. The SMILES string of the molecule is CC[C@H](C)NC(=O)O[C@@H]1CC[C@H](c2cc(NC(=O)Cc3cc(C)no3)n[nH]2)C1. The second kappa shape index (κ2) is 8.90. The van der Waals surface area contributed by atoms with E-state index in [4.69, 9.17) is 9.26 Å². The van der Waals surface area contributed by atoms with Gasteiger partial charge in [0.2, 0.25) is 5.91 Å². The van der Waals surface area contributed by atoms with Crippen LogP contribution in [0.15, 0.2) is 16.7 Å².